The molecule has 0 aliphatic rings. The number of methoxy groups -OCH3 is 1. The number of amides is 1. The van der Waals surface area contributed by atoms with Crippen LogP contribution in [0.25, 0.3) is 0 Å². The van der Waals surface area contributed by atoms with Gasteiger partial charge in [-0.05, 0) is 36.8 Å². The monoisotopic (exact) mass is 316 g/mol. The van der Waals surface area contributed by atoms with Crippen molar-refractivity contribution < 1.29 is 18.7 Å². The van der Waals surface area contributed by atoms with Gasteiger partial charge in [-0.25, -0.2) is 9.18 Å². The molecule has 2 N–H and O–H groups in total. The Labute approximate surface area is 133 Å². The van der Waals surface area contributed by atoms with Gasteiger partial charge in [-0.1, -0.05) is 18.2 Å². The number of ether oxygens (including phenoxy) is 1. The molecule has 120 valence electrons. The summed E-state index contributed by atoms with van der Waals surface area (Å²) in [6.45, 7) is 1.60. The highest BCUT2D eigenvalue weighted by atomic mass is 19.1. The summed E-state index contributed by atoms with van der Waals surface area (Å²) in [5.41, 5.74) is 1.67. The molecule has 0 atom stereocenters. The lowest BCUT2D eigenvalue weighted by Crippen LogP contribution is -2.23. The minimum atomic E-state index is -0.533. The van der Waals surface area contributed by atoms with Gasteiger partial charge in [-0.2, -0.15) is 0 Å². The van der Waals surface area contributed by atoms with Crippen LogP contribution in [0.2, 0.25) is 0 Å². The summed E-state index contributed by atoms with van der Waals surface area (Å²) in [4.78, 5) is 23.6. The molecule has 0 saturated heterocycles. The molecule has 0 saturated carbocycles. The molecule has 0 aliphatic carbocycles. The molecule has 2 aromatic rings. The second-order valence-electron chi connectivity index (χ2n) is 4.90. The summed E-state index contributed by atoms with van der Waals surface area (Å²) in [5, 5.41) is 5.45. The van der Waals surface area contributed by atoms with Crippen molar-refractivity contribution in [3.05, 3.63) is 59.4 Å². The first-order valence-corrected chi connectivity index (χ1v) is 6.98. The molecule has 0 fully saturated rings. The first-order valence-electron chi connectivity index (χ1n) is 6.98. The Morgan fingerprint density at radius 3 is 2.61 bits per heavy atom. The number of hydrogen-bond acceptors (Lipinski definition) is 4. The van der Waals surface area contributed by atoms with E-state index >= 15 is 0 Å². The number of hydrogen-bond donors (Lipinski definition) is 2. The number of rotatable bonds is 5. The zero-order valence-electron chi connectivity index (χ0n) is 12.9. The van der Waals surface area contributed by atoms with Crippen LogP contribution in [-0.4, -0.2) is 25.5 Å². The Balaban J connectivity index is 2.00. The van der Waals surface area contributed by atoms with Gasteiger partial charge < -0.3 is 15.4 Å². The third-order valence-corrected chi connectivity index (χ3v) is 3.23. The fraction of sp³-hybridized carbons (Fsp3) is 0.176. The Morgan fingerprint density at radius 1 is 1.17 bits per heavy atom. The zero-order chi connectivity index (χ0) is 16.8. The van der Waals surface area contributed by atoms with E-state index in [2.05, 4.69) is 15.4 Å². The lowest BCUT2D eigenvalue weighted by Gasteiger charge is -2.11. The molecule has 2 aromatic carbocycles. The van der Waals surface area contributed by atoms with Crippen molar-refractivity contribution in [1.82, 2.24) is 0 Å². The number of nitrogens with one attached hydrogen (secondary N) is 2. The van der Waals surface area contributed by atoms with Gasteiger partial charge in [0.2, 0.25) is 5.91 Å². The Hall–Kier alpha value is -2.89. The second kappa shape index (κ2) is 7.40. The van der Waals surface area contributed by atoms with Gasteiger partial charge >= 0.3 is 5.97 Å². The number of para-hydroxylation sites is 1. The maximum atomic E-state index is 13.4. The predicted octanol–water partition coefficient (Wildman–Crippen LogP) is 2.97. The summed E-state index contributed by atoms with van der Waals surface area (Å²) < 4.78 is 18.1. The minimum Gasteiger partial charge on any atom is -0.465 e. The number of aryl methyl sites for hydroxylation is 1. The lowest BCUT2D eigenvalue weighted by atomic mass is 10.2. The van der Waals surface area contributed by atoms with Crippen molar-refractivity contribution in [1.29, 1.82) is 0 Å². The third kappa shape index (κ3) is 4.29. The second-order valence-corrected chi connectivity index (χ2v) is 4.90. The van der Waals surface area contributed by atoms with Crippen LogP contribution < -0.4 is 10.6 Å². The van der Waals surface area contributed by atoms with Crippen LogP contribution >= 0.6 is 0 Å². The fourth-order valence-electron chi connectivity index (χ4n) is 1.96. The number of esters is 1. The number of carbonyl (C=O) groups is 2. The quantitative estimate of drug-likeness (QED) is 0.832. The molecule has 6 heteroatoms. The molecule has 0 spiro atoms. The molecular formula is C17H17FN2O3. The topological polar surface area (TPSA) is 67.4 Å². The van der Waals surface area contributed by atoms with Gasteiger partial charge in [-0.3, -0.25) is 4.79 Å². The predicted molar refractivity (Wildman–Crippen MR) is 86.0 cm³/mol. The first-order chi connectivity index (χ1) is 11.0. The summed E-state index contributed by atoms with van der Waals surface area (Å²) in [6.07, 6.45) is 0. The molecule has 0 heterocycles. The Bertz CT molecular complexity index is 732. The standard InChI is InChI=1S/C17H17FN2O3/c1-11-7-8-12(9-14(11)18)19-10-16(21)20-15-6-4-3-5-13(15)17(22)23-2/h3-9,19H,10H2,1-2H3,(H,20,21). The van der Waals surface area contributed by atoms with Crippen LogP contribution in [0.4, 0.5) is 15.8 Å². The van der Waals surface area contributed by atoms with Crippen LogP contribution in [0.1, 0.15) is 15.9 Å². The first kappa shape index (κ1) is 16.5. The smallest absolute Gasteiger partial charge is 0.339 e. The Morgan fingerprint density at radius 2 is 1.91 bits per heavy atom. The van der Waals surface area contributed by atoms with Gasteiger partial charge in [0.05, 0.1) is 24.9 Å². The van der Waals surface area contributed by atoms with Gasteiger partial charge in [0.25, 0.3) is 0 Å². The van der Waals surface area contributed by atoms with Crippen LogP contribution in [0.3, 0.4) is 0 Å². The van der Waals surface area contributed by atoms with Crippen molar-refractivity contribution in [2.24, 2.45) is 0 Å². The van der Waals surface area contributed by atoms with Gasteiger partial charge in [0, 0.05) is 5.69 Å². The molecule has 0 aliphatic heterocycles. The van der Waals surface area contributed by atoms with Gasteiger partial charge in [0.1, 0.15) is 5.82 Å². The lowest BCUT2D eigenvalue weighted by molar-refractivity contribution is -0.114. The molecular weight excluding hydrogens is 299 g/mol. The SMILES string of the molecule is COC(=O)c1ccccc1NC(=O)CNc1ccc(C)c(F)c1. The van der Waals surface area contributed by atoms with E-state index < -0.39 is 5.97 Å². The molecule has 2 rings (SSSR count). The van der Waals surface area contributed by atoms with E-state index in [1.807, 2.05) is 0 Å². The van der Waals surface area contributed by atoms with Crippen LogP contribution in [0.15, 0.2) is 42.5 Å². The highest BCUT2D eigenvalue weighted by molar-refractivity contribution is 6.02. The number of anilines is 2. The van der Waals surface area contributed by atoms with E-state index in [4.69, 9.17) is 0 Å². The molecule has 0 radical (unpaired) electrons. The van der Waals surface area contributed by atoms with Crippen LogP contribution in [-0.2, 0) is 9.53 Å². The number of carbonyl (C=O) groups excluding carboxylic acids is 2. The van der Waals surface area contributed by atoms with Gasteiger partial charge in [0.15, 0.2) is 0 Å². The van der Waals surface area contributed by atoms with Crippen molar-refractivity contribution in [3.8, 4) is 0 Å². The number of halogens is 1. The molecule has 23 heavy (non-hydrogen) atoms. The minimum absolute atomic E-state index is 0.0575. The average molecular weight is 316 g/mol. The zero-order valence-corrected chi connectivity index (χ0v) is 12.9. The summed E-state index contributed by atoms with van der Waals surface area (Å²) in [7, 11) is 1.27. The van der Waals surface area contributed by atoms with E-state index in [0.29, 0.717) is 16.9 Å². The van der Waals surface area contributed by atoms with Crippen LogP contribution in [0.5, 0.6) is 0 Å². The van der Waals surface area contributed by atoms with Crippen molar-refractivity contribution in [3.63, 3.8) is 0 Å². The summed E-state index contributed by atoms with van der Waals surface area (Å²) >= 11 is 0. The average Bonchev–Trinajstić information content (AvgIpc) is 2.55. The normalized spacial score (nSPS) is 10.0. The molecule has 1 amide bonds. The molecule has 0 bridgehead atoms. The van der Waals surface area contributed by atoms with Crippen LogP contribution in [0, 0.1) is 12.7 Å². The van der Waals surface area contributed by atoms with E-state index in [0.717, 1.165) is 0 Å². The maximum absolute atomic E-state index is 13.4. The summed E-state index contributed by atoms with van der Waals surface area (Å²) in [5.74, 6) is -1.23. The highest BCUT2D eigenvalue weighted by Gasteiger charge is 2.13. The molecule has 0 unspecified atom stereocenters. The van der Waals surface area contributed by atoms with E-state index in [1.165, 1.54) is 13.2 Å². The molecule has 5 nitrogen and oxygen atoms in total. The highest BCUT2D eigenvalue weighted by Crippen LogP contribution is 2.16. The van der Waals surface area contributed by atoms with Crippen molar-refractivity contribution >= 4 is 23.3 Å². The third-order valence-electron chi connectivity index (χ3n) is 3.23. The van der Waals surface area contributed by atoms with Crippen molar-refractivity contribution in [2.45, 2.75) is 6.92 Å². The summed E-state index contributed by atoms with van der Waals surface area (Å²) in [6, 6.07) is 11.2. The maximum Gasteiger partial charge on any atom is 0.339 e. The van der Waals surface area contributed by atoms with Gasteiger partial charge in [-0.15, -0.1) is 0 Å². The fourth-order valence-corrected chi connectivity index (χ4v) is 1.96. The van der Waals surface area contributed by atoms with Crippen molar-refractivity contribution in [2.75, 3.05) is 24.3 Å². The van der Waals surface area contributed by atoms with E-state index in [1.54, 1.807) is 43.3 Å². The van der Waals surface area contributed by atoms with E-state index in [9.17, 15) is 14.0 Å². The Kier molecular flexibility index (Phi) is 5.30. The number of benzene rings is 2. The molecule has 0 aromatic heterocycles. The largest absolute Gasteiger partial charge is 0.465 e. The van der Waals surface area contributed by atoms with E-state index in [-0.39, 0.29) is 23.8 Å².